The standard InChI is InChI=1S/C16H16INO2/c1-11-3-8-15(12(2)18-19)16(9-11)20-10-13-4-6-14(17)7-5-13/h3-9,19H,10H2,1-2H3. The topological polar surface area (TPSA) is 41.8 Å². The Kier molecular flexibility index (Phi) is 5.00. The van der Waals surface area contributed by atoms with E-state index in [-0.39, 0.29) is 0 Å². The summed E-state index contributed by atoms with van der Waals surface area (Å²) in [4.78, 5) is 0. The van der Waals surface area contributed by atoms with E-state index in [2.05, 4.69) is 39.9 Å². The minimum Gasteiger partial charge on any atom is -0.488 e. The first kappa shape index (κ1) is 14.8. The average Bonchev–Trinajstić information content (AvgIpc) is 2.46. The second kappa shape index (κ2) is 6.74. The van der Waals surface area contributed by atoms with Crippen molar-refractivity contribution in [3.63, 3.8) is 0 Å². The maximum Gasteiger partial charge on any atom is 0.129 e. The zero-order valence-corrected chi connectivity index (χ0v) is 13.6. The summed E-state index contributed by atoms with van der Waals surface area (Å²) in [6.45, 7) is 4.25. The van der Waals surface area contributed by atoms with Gasteiger partial charge < -0.3 is 9.94 Å². The SMILES string of the molecule is CC(=NO)c1ccc(C)cc1OCc1ccc(I)cc1. The van der Waals surface area contributed by atoms with Crippen molar-refractivity contribution in [2.45, 2.75) is 20.5 Å². The van der Waals surface area contributed by atoms with E-state index in [1.54, 1.807) is 6.92 Å². The largest absolute Gasteiger partial charge is 0.488 e. The molecule has 2 aromatic carbocycles. The van der Waals surface area contributed by atoms with Gasteiger partial charge in [-0.05, 0) is 71.8 Å². The fraction of sp³-hybridized carbons (Fsp3) is 0.188. The maximum absolute atomic E-state index is 8.93. The van der Waals surface area contributed by atoms with E-state index >= 15 is 0 Å². The lowest BCUT2D eigenvalue weighted by Gasteiger charge is -2.12. The van der Waals surface area contributed by atoms with E-state index in [0.29, 0.717) is 12.3 Å². The zero-order chi connectivity index (χ0) is 14.5. The van der Waals surface area contributed by atoms with Crippen molar-refractivity contribution >= 4 is 28.3 Å². The van der Waals surface area contributed by atoms with Gasteiger partial charge in [-0.15, -0.1) is 0 Å². The Hall–Kier alpha value is -1.56. The number of halogens is 1. The Labute approximate surface area is 132 Å². The van der Waals surface area contributed by atoms with Crippen LogP contribution in [-0.4, -0.2) is 10.9 Å². The molecule has 0 saturated heterocycles. The number of nitrogens with zero attached hydrogens (tertiary/aromatic N) is 1. The summed E-state index contributed by atoms with van der Waals surface area (Å²) >= 11 is 2.28. The third-order valence-corrected chi connectivity index (χ3v) is 3.70. The Bertz CT molecular complexity index is 621. The Morgan fingerprint density at radius 3 is 2.55 bits per heavy atom. The number of ether oxygens (including phenoxy) is 1. The molecular formula is C16H16INO2. The monoisotopic (exact) mass is 381 g/mol. The molecule has 20 heavy (non-hydrogen) atoms. The minimum absolute atomic E-state index is 0.492. The first-order valence-electron chi connectivity index (χ1n) is 6.27. The average molecular weight is 381 g/mol. The quantitative estimate of drug-likeness (QED) is 0.370. The highest BCUT2D eigenvalue weighted by Crippen LogP contribution is 2.22. The van der Waals surface area contributed by atoms with Crippen LogP contribution in [0.5, 0.6) is 5.75 Å². The van der Waals surface area contributed by atoms with Gasteiger partial charge in [-0.25, -0.2) is 0 Å². The molecular weight excluding hydrogens is 365 g/mol. The summed E-state index contributed by atoms with van der Waals surface area (Å²) in [5.74, 6) is 0.735. The van der Waals surface area contributed by atoms with Crippen LogP contribution in [0.4, 0.5) is 0 Å². The molecule has 0 heterocycles. The third kappa shape index (κ3) is 3.72. The second-order valence-corrected chi connectivity index (χ2v) is 5.85. The van der Waals surface area contributed by atoms with Crippen molar-refractivity contribution in [1.29, 1.82) is 0 Å². The van der Waals surface area contributed by atoms with E-state index < -0.39 is 0 Å². The van der Waals surface area contributed by atoms with Gasteiger partial charge in [-0.1, -0.05) is 23.4 Å². The van der Waals surface area contributed by atoms with Gasteiger partial charge in [-0.3, -0.25) is 0 Å². The van der Waals surface area contributed by atoms with Crippen LogP contribution in [0.1, 0.15) is 23.6 Å². The molecule has 4 heteroatoms. The molecule has 0 unspecified atom stereocenters. The number of benzene rings is 2. The van der Waals surface area contributed by atoms with Crippen molar-refractivity contribution in [3.8, 4) is 5.75 Å². The fourth-order valence-corrected chi connectivity index (χ4v) is 2.20. The normalized spacial score (nSPS) is 11.4. The van der Waals surface area contributed by atoms with Crippen molar-refractivity contribution in [2.24, 2.45) is 5.16 Å². The molecule has 0 spiro atoms. The Morgan fingerprint density at radius 2 is 1.90 bits per heavy atom. The van der Waals surface area contributed by atoms with Crippen molar-refractivity contribution in [1.82, 2.24) is 0 Å². The van der Waals surface area contributed by atoms with E-state index in [9.17, 15) is 0 Å². The number of oxime groups is 1. The molecule has 104 valence electrons. The summed E-state index contributed by atoms with van der Waals surface area (Å²) in [6.07, 6.45) is 0. The molecule has 2 aromatic rings. The van der Waals surface area contributed by atoms with Gasteiger partial charge in [0.25, 0.3) is 0 Å². The first-order chi connectivity index (χ1) is 9.60. The van der Waals surface area contributed by atoms with Crippen LogP contribution in [-0.2, 0) is 6.61 Å². The molecule has 0 aliphatic carbocycles. The maximum atomic E-state index is 8.93. The van der Waals surface area contributed by atoms with Crippen LogP contribution < -0.4 is 4.74 Å². The van der Waals surface area contributed by atoms with Crippen LogP contribution in [0.2, 0.25) is 0 Å². The van der Waals surface area contributed by atoms with E-state index in [1.807, 2.05) is 37.3 Å². The smallest absolute Gasteiger partial charge is 0.129 e. The van der Waals surface area contributed by atoms with Crippen molar-refractivity contribution in [2.75, 3.05) is 0 Å². The summed E-state index contributed by atoms with van der Waals surface area (Å²) in [6, 6.07) is 14.0. The number of aryl methyl sites for hydroxylation is 1. The molecule has 0 bridgehead atoms. The highest BCUT2D eigenvalue weighted by atomic mass is 127. The third-order valence-electron chi connectivity index (χ3n) is 2.98. The fourth-order valence-electron chi connectivity index (χ4n) is 1.84. The van der Waals surface area contributed by atoms with Crippen LogP contribution in [0.15, 0.2) is 47.6 Å². The van der Waals surface area contributed by atoms with Crippen LogP contribution in [0.3, 0.4) is 0 Å². The molecule has 3 nitrogen and oxygen atoms in total. The van der Waals surface area contributed by atoms with Crippen LogP contribution in [0, 0.1) is 10.5 Å². The lowest BCUT2D eigenvalue weighted by Crippen LogP contribution is -2.03. The molecule has 0 aliphatic rings. The predicted octanol–water partition coefficient (Wildman–Crippen LogP) is 4.38. The Balaban J connectivity index is 2.20. The van der Waals surface area contributed by atoms with Gasteiger partial charge in [0.05, 0.1) is 5.71 Å². The van der Waals surface area contributed by atoms with Crippen LogP contribution in [0.25, 0.3) is 0 Å². The molecule has 0 aromatic heterocycles. The molecule has 0 saturated carbocycles. The summed E-state index contributed by atoms with van der Waals surface area (Å²) < 4.78 is 7.07. The zero-order valence-electron chi connectivity index (χ0n) is 11.4. The summed E-state index contributed by atoms with van der Waals surface area (Å²) in [5.41, 5.74) is 3.57. The summed E-state index contributed by atoms with van der Waals surface area (Å²) in [5, 5.41) is 12.2. The molecule has 2 rings (SSSR count). The molecule has 0 atom stereocenters. The first-order valence-corrected chi connectivity index (χ1v) is 7.35. The van der Waals surface area contributed by atoms with Gasteiger partial charge >= 0.3 is 0 Å². The highest BCUT2D eigenvalue weighted by Gasteiger charge is 2.08. The van der Waals surface area contributed by atoms with Gasteiger partial charge in [0.2, 0.25) is 0 Å². The highest BCUT2D eigenvalue weighted by molar-refractivity contribution is 14.1. The second-order valence-electron chi connectivity index (χ2n) is 4.60. The van der Waals surface area contributed by atoms with Gasteiger partial charge in [0, 0.05) is 9.13 Å². The van der Waals surface area contributed by atoms with Crippen molar-refractivity contribution < 1.29 is 9.94 Å². The molecule has 0 aliphatic heterocycles. The molecule has 0 fully saturated rings. The van der Waals surface area contributed by atoms with Gasteiger partial charge in [-0.2, -0.15) is 0 Å². The minimum atomic E-state index is 0.492. The lowest BCUT2D eigenvalue weighted by atomic mass is 10.1. The number of hydrogen-bond donors (Lipinski definition) is 1. The van der Waals surface area contributed by atoms with Crippen molar-refractivity contribution in [3.05, 3.63) is 62.7 Å². The number of rotatable bonds is 4. The van der Waals surface area contributed by atoms with Gasteiger partial charge in [0.15, 0.2) is 0 Å². The Morgan fingerprint density at radius 1 is 1.20 bits per heavy atom. The molecule has 1 N–H and O–H groups in total. The van der Waals surface area contributed by atoms with Crippen LogP contribution >= 0.6 is 22.6 Å². The van der Waals surface area contributed by atoms with E-state index in [4.69, 9.17) is 9.94 Å². The summed E-state index contributed by atoms with van der Waals surface area (Å²) in [7, 11) is 0. The van der Waals surface area contributed by atoms with E-state index in [1.165, 1.54) is 3.57 Å². The van der Waals surface area contributed by atoms with Gasteiger partial charge in [0.1, 0.15) is 12.4 Å². The van der Waals surface area contributed by atoms with E-state index in [0.717, 1.165) is 22.4 Å². The molecule has 0 radical (unpaired) electrons. The lowest BCUT2D eigenvalue weighted by molar-refractivity contribution is 0.303. The molecule has 0 amide bonds. The number of hydrogen-bond acceptors (Lipinski definition) is 3. The predicted molar refractivity (Wildman–Crippen MR) is 88.7 cm³/mol.